The third-order valence-corrected chi connectivity index (χ3v) is 4.44. The summed E-state index contributed by atoms with van der Waals surface area (Å²) in [6.07, 6.45) is 2.29. The Labute approximate surface area is 147 Å². The molecular formula is C16H24ClN3O2S. The van der Waals surface area contributed by atoms with E-state index in [1.165, 1.54) is 18.2 Å². The minimum absolute atomic E-state index is 0. The van der Waals surface area contributed by atoms with Crippen LogP contribution in [0.25, 0.3) is 0 Å². The lowest BCUT2D eigenvalue weighted by Gasteiger charge is -2.11. The molecule has 1 unspecified atom stereocenters. The Morgan fingerprint density at radius 3 is 2.57 bits per heavy atom. The number of benzene rings is 1. The number of hydrogen-bond acceptors (Lipinski definition) is 4. The van der Waals surface area contributed by atoms with Gasteiger partial charge in [0.05, 0.1) is 11.5 Å². The zero-order valence-electron chi connectivity index (χ0n) is 13.3. The van der Waals surface area contributed by atoms with Crippen LogP contribution >= 0.6 is 24.2 Å². The Morgan fingerprint density at radius 2 is 1.91 bits per heavy atom. The van der Waals surface area contributed by atoms with Gasteiger partial charge in [0.2, 0.25) is 11.8 Å². The van der Waals surface area contributed by atoms with Gasteiger partial charge >= 0.3 is 0 Å². The summed E-state index contributed by atoms with van der Waals surface area (Å²) < 4.78 is 0. The Kier molecular flexibility index (Phi) is 9.06. The SMILES string of the molecule is Cc1ccc(NC(=O)CSCC(=O)NCC2CCCN2)cc1.Cl. The van der Waals surface area contributed by atoms with Crippen LogP contribution in [0.15, 0.2) is 24.3 Å². The van der Waals surface area contributed by atoms with Gasteiger partial charge in [-0.2, -0.15) is 0 Å². The van der Waals surface area contributed by atoms with Gasteiger partial charge in [-0.1, -0.05) is 17.7 Å². The molecule has 7 heteroatoms. The summed E-state index contributed by atoms with van der Waals surface area (Å²) in [5.41, 5.74) is 1.94. The van der Waals surface area contributed by atoms with Crippen molar-refractivity contribution in [2.45, 2.75) is 25.8 Å². The van der Waals surface area contributed by atoms with Gasteiger partial charge in [0.15, 0.2) is 0 Å². The molecule has 2 rings (SSSR count). The van der Waals surface area contributed by atoms with Crippen molar-refractivity contribution in [3.63, 3.8) is 0 Å². The highest BCUT2D eigenvalue weighted by Gasteiger charge is 2.14. The highest BCUT2D eigenvalue weighted by molar-refractivity contribution is 8.00. The van der Waals surface area contributed by atoms with E-state index in [0.29, 0.717) is 18.3 Å². The van der Waals surface area contributed by atoms with E-state index in [2.05, 4.69) is 16.0 Å². The van der Waals surface area contributed by atoms with E-state index in [1.54, 1.807) is 0 Å². The van der Waals surface area contributed by atoms with Crippen LogP contribution in [0.1, 0.15) is 18.4 Å². The van der Waals surface area contributed by atoms with Crippen molar-refractivity contribution >= 4 is 41.7 Å². The van der Waals surface area contributed by atoms with Crippen molar-refractivity contribution < 1.29 is 9.59 Å². The molecular weight excluding hydrogens is 334 g/mol. The topological polar surface area (TPSA) is 70.2 Å². The molecule has 1 aliphatic rings. The van der Waals surface area contributed by atoms with Crippen molar-refractivity contribution in [2.75, 3.05) is 29.9 Å². The van der Waals surface area contributed by atoms with Crippen molar-refractivity contribution in [3.05, 3.63) is 29.8 Å². The fraction of sp³-hybridized carbons (Fsp3) is 0.500. The molecule has 0 saturated carbocycles. The van der Waals surface area contributed by atoms with Crippen molar-refractivity contribution in [3.8, 4) is 0 Å². The van der Waals surface area contributed by atoms with Crippen molar-refractivity contribution in [1.82, 2.24) is 10.6 Å². The number of carbonyl (C=O) groups is 2. The van der Waals surface area contributed by atoms with Crippen molar-refractivity contribution in [2.24, 2.45) is 0 Å². The molecule has 0 aromatic heterocycles. The van der Waals surface area contributed by atoms with Gasteiger partial charge in [0, 0.05) is 18.3 Å². The predicted molar refractivity (Wildman–Crippen MR) is 98.4 cm³/mol. The van der Waals surface area contributed by atoms with Crippen LogP contribution in [-0.2, 0) is 9.59 Å². The summed E-state index contributed by atoms with van der Waals surface area (Å²) in [5.74, 6) is 0.498. The van der Waals surface area contributed by atoms with E-state index in [-0.39, 0.29) is 30.0 Å². The quantitative estimate of drug-likeness (QED) is 0.697. The van der Waals surface area contributed by atoms with Crippen LogP contribution in [0.3, 0.4) is 0 Å². The summed E-state index contributed by atoms with van der Waals surface area (Å²) >= 11 is 1.33. The summed E-state index contributed by atoms with van der Waals surface area (Å²) in [4.78, 5) is 23.5. The molecule has 1 saturated heterocycles. The zero-order valence-corrected chi connectivity index (χ0v) is 14.9. The molecule has 2 amide bonds. The van der Waals surface area contributed by atoms with Crippen LogP contribution in [0.2, 0.25) is 0 Å². The minimum atomic E-state index is -0.0842. The van der Waals surface area contributed by atoms with Gasteiger partial charge < -0.3 is 16.0 Å². The zero-order chi connectivity index (χ0) is 15.8. The molecule has 128 valence electrons. The lowest BCUT2D eigenvalue weighted by Crippen LogP contribution is -2.38. The highest BCUT2D eigenvalue weighted by atomic mass is 35.5. The predicted octanol–water partition coefficient (Wildman–Crippen LogP) is 1.96. The standard InChI is InChI=1S/C16H23N3O2S.ClH/c1-12-4-6-13(7-5-12)19-16(21)11-22-10-15(20)18-9-14-3-2-8-17-14;/h4-7,14,17H,2-3,8-11H2,1H3,(H,18,20)(H,19,21);1H. The molecule has 3 N–H and O–H groups in total. The third kappa shape index (κ3) is 7.72. The molecule has 1 atom stereocenters. The monoisotopic (exact) mass is 357 g/mol. The lowest BCUT2D eigenvalue weighted by atomic mass is 10.2. The van der Waals surface area contributed by atoms with Crippen molar-refractivity contribution in [1.29, 1.82) is 0 Å². The maximum atomic E-state index is 11.8. The first-order valence-corrected chi connectivity index (χ1v) is 8.73. The number of aryl methyl sites for hydroxylation is 1. The first-order chi connectivity index (χ1) is 10.6. The number of anilines is 1. The fourth-order valence-electron chi connectivity index (χ4n) is 2.29. The van der Waals surface area contributed by atoms with Gasteiger partial charge in [-0.15, -0.1) is 24.2 Å². The Morgan fingerprint density at radius 1 is 1.22 bits per heavy atom. The van der Waals surface area contributed by atoms with Gasteiger partial charge in [-0.3, -0.25) is 9.59 Å². The van der Waals surface area contributed by atoms with Gasteiger partial charge in [-0.25, -0.2) is 0 Å². The molecule has 23 heavy (non-hydrogen) atoms. The van der Waals surface area contributed by atoms with E-state index >= 15 is 0 Å². The second-order valence-electron chi connectivity index (χ2n) is 5.50. The summed E-state index contributed by atoms with van der Waals surface area (Å²) in [7, 11) is 0. The average molecular weight is 358 g/mol. The van der Waals surface area contributed by atoms with E-state index < -0.39 is 0 Å². The first-order valence-electron chi connectivity index (χ1n) is 7.58. The third-order valence-electron chi connectivity index (χ3n) is 3.51. The van der Waals surface area contributed by atoms with Crippen LogP contribution < -0.4 is 16.0 Å². The minimum Gasteiger partial charge on any atom is -0.354 e. The van der Waals surface area contributed by atoms with E-state index in [4.69, 9.17) is 0 Å². The van der Waals surface area contributed by atoms with Crippen LogP contribution in [-0.4, -0.2) is 42.5 Å². The largest absolute Gasteiger partial charge is 0.354 e. The summed E-state index contributed by atoms with van der Waals surface area (Å²) in [5, 5.41) is 9.05. The second kappa shape index (κ2) is 10.5. The number of rotatable bonds is 7. The maximum absolute atomic E-state index is 11.8. The Hall–Kier alpha value is -1.24. The second-order valence-corrected chi connectivity index (χ2v) is 6.49. The van der Waals surface area contributed by atoms with E-state index in [9.17, 15) is 9.59 Å². The molecule has 1 fully saturated rings. The molecule has 1 heterocycles. The summed E-state index contributed by atoms with van der Waals surface area (Å²) in [6.45, 7) is 3.71. The fourth-order valence-corrected chi connectivity index (χ4v) is 2.94. The molecule has 1 aromatic carbocycles. The Bertz CT molecular complexity index is 505. The molecule has 0 spiro atoms. The van der Waals surface area contributed by atoms with Gasteiger partial charge in [-0.05, 0) is 38.4 Å². The number of hydrogen-bond donors (Lipinski definition) is 3. The van der Waals surface area contributed by atoms with E-state index in [1.807, 2.05) is 31.2 Å². The number of halogens is 1. The lowest BCUT2D eigenvalue weighted by molar-refractivity contribution is -0.118. The molecule has 1 aliphatic heterocycles. The number of amides is 2. The average Bonchev–Trinajstić information content (AvgIpc) is 3.01. The van der Waals surface area contributed by atoms with Crippen LogP contribution in [0.5, 0.6) is 0 Å². The number of thioether (sulfide) groups is 1. The van der Waals surface area contributed by atoms with Gasteiger partial charge in [0.1, 0.15) is 0 Å². The molecule has 0 aliphatic carbocycles. The molecule has 1 aromatic rings. The van der Waals surface area contributed by atoms with Gasteiger partial charge in [0.25, 0.3) is 0 Å². The number of nitrogens with one attached hydrogen (secondary N) is 3. The normalized spacial score (nSPS) is 16.5. The highest BCUT2D eigenvalue weighted by Crippen LogP contribution is 2.09. The molecule has 5 nitrogen and oxygen atoms in total. The Balaban J connectivity index is 0.00000264. The van der Waals surface area contributed by atoms with Crippen LogP contribution in [0.4, 0.5) is 5.69 Å². The smallest absolute Gasteiger partial charge is 0.234 e. The first kappa shape index (κ1) is 19.8. The maximum Gasteiger partial charge on any atom is 0.234 e. The number of carbonyl (C=O) groups excluding carboxylic acids is 2. The molecule has 0 bridgehead atoms. The van der Waals surface area contributed by atoms with E-state index in [0.717, 1.165) is 24.2 Å². The summed E-state index contributed by atoms with van der Waals surface area (Å²) in [6, 6.07) is 8.05. The molecule has 0 radical (unpaired) electrons. The van der Waals surface area contributed by atoms with Crippen LogP contribution in [0, 0.1) is 6.92 Å².